The summed E-state index contributed by atoms with van der Waals surface area (Å²) in [6.45, 7) is 1.84. The van der Waals surface area contributed by atoms with Crippen LogP contribution in [0.15, 0.2) is 53.4 Å². The van der Waals surface area contributed by atoms with Crippen LogP contribution in [0.25, 0.3) is 6.08 Å². The minimum Gasteiger partial charge on any atom is -0.493 e. The van der Waals surface area contributed by atoms with Gasteiger partial charge in [0.25, 0.3) is 11.1 Å². The molecule has 1 aliphatic carbocycles. The zero-order valence-corrected chi connectivity index (χ0v) is 24.9. The number of methoxy groups -OCH3 is 1. The number of nitrogens with zero attached hydrogens (tertiary/aromatic N) is 1. The van der Waals surface area contributed by atoms with E-state index in [1.807, 2.05) is 30.3 Å². The van der Waals surface area contributed by atoms with Crippen LogP contribution in [0, 0.1) is 0 Å². The molecule has 218 valence electrons. The van der Waals surface area contributed by atoms with Crippen molar-refractivity contribution < 1.29 is 33.4 Å². The molecule has 2 aliphatic rings. The Labute approximate surface area is 251 Å². The van der Waals surface area contributed by atoms with Crippen molar-refractivity contribution in [1.82, 2.24) is 4.90 Å². The fourth-order valence-electron chi connectivity index (χ4n) is 4.80. The third-order valence-corrected chi connectivity index (χ3v) is 8.92. The number of fused-ring (bicyclic) bond motifs is 1. The number of hydrogen-bond donors (Lipinski definition) is 1. The van der Waals surface area contributed by atoms with E-state index in [0.717, 1.165) is 58.3 Å². The fraction of sp³-hybridized carbons (Fsp3) is 0.290. The number of ether oxygens (including phenoxy) is 3. The van der Waals surface area contributed by atoms with E-state index >= 15 is 0 Å². The Bertz CT molecular complexity index is 1550. The molecule has 1 saturated heterocycles. The molecule has 0 unspecified atom stereocenters. The molecule has 2 aromatic carbocycles. The fourth-order valence-corrected chi connectivity index (χ4v) is 6.93. The summed E-state index contributed by atoms with van der Waals surface area (Å²) in [5, 5.41) is 2.61. The van der Waals surface area contributed by atoms with Crippen molar-refractivity contribution in [3.8, 4) is 11.5 Å². The van der Waals surface area contributed by atoms with E-state index in [9.17, 15) is 19.2 Å². The lowest BCUT2D eigenvalue weighted by molar-refractivity contribution is -0.127. The van der Waals surface area contributed by atoms with Gasteiger partial charge in [0.2, 0.25) is 5.91 Å². The first-order valence-electron chi connectivity index (χ1n) is 13.6. The van der Waals surface area contributed by atoms with Crippen LogP contribution in [0.4, 0.5) is 9.80 Å². The Morgan fingerprint density at radius 1 is 1.05 bits per heavy atom. The van der Waals surface area contributed by atoms with Gasteiger partial charge in [-0.3, -0.25) is 19.3 Å². The molecule has 0 saturated carbocycles. The summed E-state index contributed by atoms with van der Waals surface area (Å²) >= 11 is 2.11. The number of thiophene rings is 1. The number of anilines is 1. The molecule has 0 radical (unpaired) electrons. The predicted octanol–water partition coefficient (Wildman–Crippen LogP) is 6.07. The maximum absolute atomic E-state index is 13.1. The van der Waals surface area contributed by atoms with E-state index in [-0.39, 0.29) is 11.5 Å². The first kappa shape index (κ1) is 29.4. The number of hydrogen-bond acceptors (Lipinski definition) is 9. The van der Waals surface area contributed by atoms with Gasteiger partial charge in [0, 0.05) is 4.88 Å². The highest BCUT2D eigenvalue weighted by Gasteiger charge is 2.37. The number of imide groups is 1. The van der Waals surface area contributed by atoms with Gasteiger partial charge in [0.15, 0.2) is 11.5 Å². The first-order valence-corrected chi connectivity index (χ1v) is 15.2. The summed E-state index contributed by atoms with van der Waals surface area (Å²) in [6.07, 6.45) is 5.14. The number of carbonyl (C=O) groups is 4. The zero-order chi connectivity index (χ0) is 29.6. The van der Waals surface area contributed by atoms with Crippen LogP contribution >= 0.6 is 23.1 Å². The van der Waals surface area contributed by atoms with Gasteiger partial charge in [-0.05, 0) is 79.3 Å². The Morgan fingerprint density at radius 3 is 2.60 bits per heavy atom. The van der Waals surface area contributed by atoms with E-state index in [4.69, 9.17) is 14.2 Å². The summed E-state index contributed by atoms with van der Waals surface area (Å²) in [4.78, 5) is 53.7. The van der Waals surface area contributed by atoms with Crippen molar-refractivity contribution in [2.75, 3.05) is 25.6 Å². The van der Waals surface area contributed by atoms with Crippen LogP contribution in [0.1, 0.15) is 51.7 Å². The quantitative estimate of drug-likeness (QED) is 0.219. The Hall–Kier alpha value is -4.09. The van der Waals surface area contributed by atoms with Gasteiger partial charge in [-0.25, -0.2) is 4.79 Å². The Morgan fingerprint density at radius 2 is 1.83 bits per heavy atom. The summed E-state index contributed by atoms with van der Waals surface area (Å²) in [5.74, 6) is -0.591. The van der Waals surface area contributed by atoms with Gasteiger partial charge in [0.1, 0.15) is 18.2 Å². The monoisotopic (exact) mass is 606 g/mol. The number of thioether (sulfide) groups is 1. The summed E-state index contributed by atoms with van der Waals surface area (Å²) in [6, 6.07) is 15.0. The summed E-state index contributed by atoms with van der Waals surface area (Å²) < 4.78 is 16.6. The molecule has 1 N–H and O–H groups in total. The van der Waals surface area contributed by atoms with Crippen molar-refractivity contribution in [2.24, 2.45) is 0 Å². The van der Waals surface area contributed by atoms with Crippen molar-refractivity contribution in [3.63, 3.8) is 0 Å². The number of aryl methyl sites for hydroxylation is 1. The summed E-state index contributed by atoms with van der Waals surface area (Å²) in [5.41, 5.74) is 2.94. The molecule has 2 heterocycles. The van der Waals surface area contributed by atoms with Gasteiger partial charge in [-0.15, -0.1) is 11.3 Å². The average Bonchev–Trinajstić information content (AvgIpc) is 3.48. The molecule has 1 aliphatic heterocycles. The molecule has 0 spiro atoms. The molecule has 42 heavy (non-hydrogen) atoms. The third kappa shape index (κ3) is 6.52. The number of esters is 1. The smallest absolute Gasteiger partial charge is 0.341 e. The molecule has 0 atom stereocenters. The molecule has 1 fully saturated rings. The molecular weight excluding hydrogens is 576 g/mol. The van der Waals surface area contributed by atoms with Crippen LogP contribution in [-0.4, -0.2) is 48.2 Å². The van der Waals surface area contributed by atoms with E-state index in [2.05, 4.69) is 5.32 Å². The number of benzene rings is 2. The van der Waals surface area contributed by atoms with Gasteiger partial charge in [0.05, 0.1) is 24.2 Å². The molecule has 5 rings (SSSR count). The van der Waals surface area contributed by atoms with Crippen LogP contribution in [0.5, 0.6) is 11.5 Å². The average molecular weight is 607 g/mol. The largest absolute Gasteiger partial charge is 0.493 e. The van der Waals surface area contributed by atoms with E-state index in [1.54, 1.807) is 31.2 Å². The number of nitrogens with one attached hydrogen (secondary N) is 1. The predicted molar refractivity (Wildman–Crippen MR) is 162 cm³/mol. The molecule has 11 heteroatoms. The maximum atomic E-state index is 13.1. The third-order valence-electron chi connectivity index (χ3n) is 6.80. The number of rotatable bonds is 10. The highest BCUT2D eigenvalue weighted by Crippen LogP contribution is 2.39. The second kappa shape index (κ2) is 13.3. The van der Waals surface area contributed by atoms with Crippen LogP contribution in [0.3, 0.4) is 0 Å². The Kier molecular flexibility index (Phi) is 9.28. The second-order valence-electron chi connectivity index (χ2n) is 9.64. The van der Waals surface area contributed by atoms with Crippen molar-refractivity contribution in [3.05, 3.63) is 80.6 Å². The Balaban J connectivity index is 1.27. The number of carbonyl (C=O) groups excluding carboxylic acids is 4. The SMILES string of the molecule is CCOC(=O)c1c(NC(=O)CN2C(=O)SC(=Cc3ccc(OCc4ccccc4)c(OC)c3)C2=O)sc2c1CCCC2. The van der Waals surface area contributed by atoms with Gasteiger partial charge in [-0.1, -0.05) is 36.4 Å². The van der Waals surface area contributed by atoms with Crippen LogP contribution in [0.2, 0.25) is 0 Å². The molecule has 0 bridgehead atoms. The molecular formula is C31H30N2O7S2. The van der Waals surface area contributed by atoms with Gasteiger partial charge in [-0.2, -0.15) is 0 Å². The van der Waals surface area contributed by atoms with Crippen LogP contribution < -0.4 is 14.8 Å². The highest BCUT2D eigenvalue weighted by atomic mass is 32.2. The number of amides is 3. The summed E-state index contributed by atoms with van der Waals surface area (Å²) in [7, 11) is 1.53. The van der Waals surface area contributed by atoms with E-state index in [0.29, 0.717) is 34.2 Å². The minimum absolute atomic E-state index is 0.187. The highest BCUT2D eigenvalue weighted by molar-refractivity contribution is 8.18. The second-order valence-corrected chi connectivity index (χ2v) is 11.7. The van der Waals surface area contributed by atoms with Crippen molar-refractivity contribution in [1.29, 1.82) is 0 Å². The lowest BCUT2D eigenvalue weighted by Crippen LogP contribution is -2.36. The van der Waals surface area contributed by atoms with E-state index in [1.165, 1.54) is 18.4 Å². The van der Waals surface area contributed by atoms with Crippen molar-refractivity contribution >= 4 is 57.2 Å². The maximum Gasteiger partial charge on any atom is 0.341 e. The van der Waals surface area contributed by atoms with E-state index < -0.39 is 29.6 Å². The molecule has 1 aromatic heterocycles. The first-order chi connectivity index (χ1) is 20.4. The van der Waals surface area contributed by atoms with Crippen molar-refractivity contribution in [2.45, 2.75) is 39.2 Å². The topological polar surface area (TPSA) is 111 Å². The molecule has 3 aromatic rings. The molecule has 3 amide bonds. The van der Waals surface area contributed by atoms with Crippen LogP contribution in [-0.2, 0) is 33.8 Å². The standard InChI is InChI=1S/C31H30N2O7S2/c1-3-39-30(36)27-21-11-7-8-12-24(21)41-28(27)32-26(34)17-33-29(35)25(42-31(33)37)16-20-13-14-22(23(15-20)38-2)40-18-19-9-5-4-6-10-19/h4-6,9-10,13-16H,3,7-8,11-12,17-18H2,1-2H3,(H,32,34). The molecule has 9 nitrogen and oxygen atoms in total. The lowest BCUT2D eigenvalue weighted by atomic mass is 9.95. The normalized spacial score (nSPS) is 15.5. The van der Waals surface area contributed by atoms with Gasteiger partial charge >= 0.3 is 5.97 Å². The zero-order valence-electron chi connectivity index (χ0n) is 23.3. The van der Waals surface area contributed by atoms with Gasteiger partial charge < -0.3 is 19.5 Å². The lowest BCUT2D eigenvalue weighted by Gasteiger charge is -2.13. The minimum atomic E-state index is -0.570.